The van der Waals surface area contributed by atoms with Gasteiger partial charge in [-0.15, -0.1) is 0 Å². The first-order chi connectivity index (χ1) is 7.99. The van der Waals surface area contributed by atoms with Gasteiger partial charge in [-0.25, -0.2) is 4.98 Å². The topological polar surface area (TPSA) is 29.9 Å². The number of imidazole rings is 1. The standard InChI is InChI=1S/C13H18BrN3/c1-8(2)15-7-12-16-13-9(3)5-10(14)6-11(13)17(12)4/h5-6,8,15H,7H2,1-4H3. The minimum absolute atomic E-state index is 0.475. The van der Waals surface area contributed by atoms with Crippen LogP contribution in [0.4, 0.5) is 0 Å². The van der Waals surface area contributed by atoms with E-state index in [9.17, 15) is 0 Å². The van der Waals surface area contributed by atoms with Crippen LogP contribution < -0.4 is 5.32 Å². The van der Waals surface area contributed by atoms with Gasteiger partial charge in [0.25, 0.3) is 0 Å². The number of hydrogen-bond acceptors (Lipinski definition) is 2. The van der Waals surface area contributed by atoms with Crippen molar-refractivity contribution < 1.29 is 0 Å². The van der Waals surface area contributed by atoms with Crippen LogP contribution in [0.15, 0.2) is 16.6 Å². The molecule has 0 bridgehead atoms. The molecule has 0 fully saturated rings. The minimum atomic E-state index is 0.475. The van der Waals surface area contributed by atoms with Gasteiger partial charge in [0.1, 0.15) is 5.82 Å². The highest BCUT2D eigenvalue weighted by molar-refractivity contribution is 9.10. The maximum absolute atomic E-state index is 4.70. The van der Waals surface area contributed by atoms with Crippen molar-refractivity contribution in [3.8, 4) is 0 Å². The van der Waals surface area contributed by atoms with Crippen molar-refractivity contribution in [1.82, 2.24) is 14.9 Å². The lowest BCUT2D eigenvalue weighted by molar-refractivity contribution is 0.563. The fourth-order valence-corrected chi connectivity index (χ4v) is 2.48. The Morgan fingerprint density at radius 1 is 1.41 bits per heavy atom. The third-order valence-corrected chi connectivity index (χ3v) is 3.36. The van der Waals surface area contributed by atoms with Crippen molar-refractivity contribution in [2.75, 3.05) is 0 Å². The van der Waals surface area contributed by atoms with Crippen LogP contribution in [-0.2, 0) is 13.6 Å². The third-order valence-electron chi connectivity index (χ3n) is 2.90. The van der Waals surface area contributed by atoms with Gasteiger partial charge in [-0.3, -0.25) is 0 Å². The van der Waals surface area contributed by atoms with E-state index in [-0.39, 0.29) is 0 Å². The molecule has 0 aliphatic carbocycles. The van der Waals surface area contributed by atoms with Gasteiger partial charge in [0.2, 0.25) is 0 Å². The van der Waals surface area contributed by atoms with E-state index >= 15 is 0 Å². The lowest BCUT2D eigenvalue weighted by atomic mass is 10.2. The average Bonchev–Trinajstić information content (AvgIpc) is 2.54. The molecule has 0 radical (unpaired) electrons. The van der Waals surface area contributed by atoms with E-state index in [4.69, 9.17) is 4.98 Å². The second kappa shape index (κ2) is 4.78. The summed E-state index contributed by atoms with van der Waals surface area (Å²) in [4.78, 5) is 4.70. The second-order valence-corrected chi connectivity index (χ2v) is 5.63. The van der Waals surface area contributed by atoms with E-state index in [1.165, 1.54) is 11.1 Å². The van der Waals surface area contributed by atoms with Gasteiger partial charge in [-0.05, 0) is 24.6 Å². The zero-order valence-corrected chi connectivity index (χ0v) is 12.3. The monoisotopic (exact) mass is 295 g/mol. The Labute approximate surface area is 110 Å². The second-order valence-electron chi connectivity index (χ2n) is 4.71. The molecule has 0 atom stereocenters. The van der Waals surface area contributed by atoms with E-state index in [1.807, 2.05) is 0 Å². The van der Waals surface area contributed by atoms with Gasteiger partial charge in [0, 0.05) is 17.6 Å². The molecule has 3 nitrogen and oxygen atoms in total. The van der Waals surface area contributed by atoms with E-state index < -0.39 is 0 Å². The Kier molecular flexibility index (Phi) is 3.54. The third kappa shape index (κ3) is 2.53. The van der Waals surface area contributed by atoms with Crippen molar-refractivity contribution >= 4 is 27.0 Å². The summed E-state index contributed by atoms with van der Waals surface area (Å²) in [6.07, 6.45) is 0. The number of nitrogens with one attached hydrogen (secondary N) is 1. The Bertz CT molecular complexity index is 543. The van der Waals surface area contributed by atoms with Gasteiger partial charge >= 0.3 is 0 Å². The fourth-order valence-electron chi connectivity index (χ4n) is 1.92. The molecule has 1 N–H and O–H groups in total. The number of aryl methyl sites for hydroxylation is 2. The van der Waals surface area contributed by atoms with Crippen LogP contribution in [0.3, 0.4) is 0 Å². The summed E-state index contributed by atoms with van der Waals surface area (Å²) in [5.41, 5.74) is 3.48. The van der Waals surface area contributed by atoms with Gasteiger partial charge in [-0.2, -0.15) is 0 Å². The maximum Gasteiger partial charge on any atom is 0.123 e. The van der Waals surface area contributed by atoms with Crippen LogP contribution in [0.25, 0.3) is 11.0 Å². The molecule has 4 heteroatoms. The summed E-state index contributed by atoms with van der Waals surface area (Å²) >= 11 is 3.53. The predicted molar refractivity (Wildman–Crippen MR) is 75.1 cm³/mol. The van der Waals surface area contributed by atoms with Crippen molar-refractivity contribution in [3.63, 3.8) is 0 Å². The molecule has 2 rings (SSSR count). The molecule has 0 saturated heterocycles. The quantitative estimate of drug-likeness (QED) is 0.943. The molecular formula is C13H18BrN3. The molecule has 92 valence electrons. The zero-order chi connectivity index (χ0) is 12.6. The number of nitrogens with zero attached hydrogens (tertiary/aromatic N) is 2. The minimum Gasteiger partial charge on any atom is -0.330 e. The van der Waals surface area contributed by atoms with Crippen LogP contribution in [0, 0.1) is 6.92 Å². The summed E-state index contributed by atoms with van der Waals surface area (Å²) in [6, 6.07) is 4.70. The molecule has 0 unspecified atom stereocenters. The smallest absolute Gasteiger partial charge is 0.123 e. The number of benzene rings is 1. The molecule has 0 amide bonds. The van der Waals surface area contributed by atoms with Crippen LogP contribution in [-0.4, -0.2) is 15.6 Å². The van der Waals surface area contributed by atoms with E-state index in [1.54, 1.807) is 0 Å². The number of halogens is 1. The van der Waals surface area contributed by atoms with Gasteiger partial charge in [0.15, 0.2) is 0 Å². The van der Waals surface area contributed by atoms with Crippen molar-refractivity contribution in [2.45, 2.75) is 33.4 Å². The molecule has 0 spiro atoms. The first kappa shape index (κ1) is 12.6. The van der Waals surface area contributed by atoms with Crippen molar-refractivity contribution in [1.29, 1.82) is 0 Å². The summed E-state index contributed by atoms with van der Waals surface area (Å²) < 4.78 is 3.26. The Morgan fingerprint density at radius 3 is 2.76 bits per heavy atom. The van der Waals surface area contributed by atoms with Crippen LogP contribution >= 0.6 is 15.9 Å². The largest absolute Gasteiger partial charge is 0.330 e. The Hall–Kier alpha value is -0.870. The number of hydrogen-bond donors (Lipinski definition) is 1. The van der Waals surface area contributed by atoms with Crippen LogP contribution in [0.1, 0.15) is 25.2 Å². The maximum atomic E-state index is 4.70. The Morgan fingerprint density at radius 2 is 2.12 bits per heavy atom. The molecule has 1 aromatic heterocycles. The number of rotatable bonds is 3. The van der Waals surface area contributed by atoms with Gasteiger partial charge in [-0.1, -0.05) is 29.8 Å². The van der Waals surface area contributed by atoms with Gasteiger partial charge < -0.3 is 9.88 Å². The van der Waals surface area contributed by atoms with Crippen molar-refractivity contribution in [2.24, 2.45) is 7.05 Å². The molecule has 2 aromatic rings. The molecule has 0 aliphatic heterocycles. The predicted octanol–water partition coefficient (Wildman–Crippen LogP) is 3.14. The summed E-state index contributed by atoms with van der Waals surface area (Å²) in [5.74, 6) is 1.08. The molecule has 0 saturated carbocycles. The zero-order valence-electron chi connectivity index (χ0n) is 10.7. The summed E-state index contributed by atoms with van der Waals surface area (Å²) in [6.45, 7) is 7.19. The van der Waals surface area contributed by atoms with Crippen LogP contribution in [0.5, 0.6) is 0 Å². The molecule has 17 heavy (non-hydrogen) atoms. The fraction of sp³-hybridized carbons (Fsp3) is 0.462. The van der Waals surface area contributed by atoms with Crippen LogP contribution in [0.2, 0.25) is 0 Å². The lowest BCUT2D eigenvalue weighted by Gasteiger charge is -2.07. The van der Waals surface area contributed by atoms with E-state index in [0.29, 0.717) is 6.04 Å². The normalized spacial score (nSPS) is 11.6. The highest BCUT2D eigenvalue weighted by atomic mass is 79.9. The molecule has 1 heterocycles. The highest BCUT2D eigenvalue weighted by Crippen LogP contribution is 2.23. The van der Waals surface area contributed by atoms with Gasteiger partial charge in [0.05, 0.1) is 17.6 Å². The Balaban J connectivity index is 2.45. The first-order valence-corrected chi connectivity index (χ1v) is 6.63. The van der Waals surface area contributed by atoms with E-state index in [2.05, 4.69) is 65.8 Å². The lowest BCUT2D eigenvalue weighted by Crippen LogP contribution is -2.23. The first-order valence-electron chi connectivity index (χ1n) is 5.84. The molecule has 1 aromatic carbocycles. The van der Waals surface area contributed by atoms with E-state index in [0.717, 1.165) is 22.4 Å². The summed E-state index contributed by atoms with van der Waals surface area (Å²) in [5, 5.41) is 3.40. The SMILES string of the molecule is Cc1cc(Br)cc2c1nc(CNC(C)C)n2C. The highest BCUT2D eigenvalue weighted by Gasteiger charge is 2.10. The van der Waals surface area contributed by atoms with Crippen molar-refractivity contribution in [3.05, 3.63) is 28.0 Å². The molecular weight excluding hydrogens is 278 g/mol. The number of fused-ring (bicyclic) bond motifs is 1. The summed E-state index contributed by atoms with van der Waals surface area (Å²) in [7, 11) is 2.07. The average molecular weight is 296 g/mol. The molecule has 0 aliphatic rings. The number of aromatic nitrogens is 2.